The molecule has 0 spiro atoms. The van der Waals surface area contributed by atoms with Gasteiger partial charge >= 0.3 is 0 Å². The Morgan fingerprint density at radius 2 is 1.52 bits per heavy atom. The van der Waals surface area contributed by atoms with Crippen LogP contribution in [0.15, 0.2) is 78.9 Å². The molecular weight excluding hydrogens is 416 g/mol. The number of nitrogens with one attached hydrogen (secondary N) is 1. The minimum absolute atomic E-state index is 0.0774. The Morgan fingerprint density at radius 3 is 2.10 bits per heavy atom. The number of amides is 1. The lowest BCUT2D eigenvalue weighted by atomic mass is 9.99. The average molecular weight is 439 g/mol. The summed E-state index contributed by atoms with van der Waals surface area (Å²) in [6, 6.07) is 23.4. The summed E-state index contributed by atoms with van der Waals surface area (Å²) in [5.74, 6) is 0.550. The number of hydrogen-bond donors (Lipinski definition) is 1. The van der Waals surface area contributed by atoms with E-state index >= 15 is 0 Å². The maximum atomic E-state index is 13.0. The smallest absolute Gasteiger partial charge is 0.241 e. The van der Waals surface area contributed by atoms with Crippen molar-refractivity contribution in [3.63, 3.8) is 0 Å². The van der Waals surface area contributed by atoms with E-state index < -0.39 is 22.0 Å². The van der Waals surface area contributed by atoms with Crippen molar-refractivity contribution in [3.8, 4) is 11.5 Å². The van der Waals surface area contributed by atoms with Crippen molar-refractivity contribution in [2.75, 3.05) is 23.9 Å². The van der Waals surface area contributed by atoms with E-state index in [4.69, 9.17) is 9.47 Å². The lowest BCUT2D eigenvalue weighted by Crippen LogP contribution is -2.41. The van der Waals surface area contributed by atoms with Crippen LogP contribution in [0.25, 0.3) is 0 Å². The minimum atomic E-state index is -3.72. The monoisotopic (exact) mass is 438 g/mol. The summed E-state index contributed by atoms with van der Waals surface area (Å²) in [7, 11) is -3.72. The Bertz CT molecular complexity index is 1130. The molecule has 1 N–H and O–H groups in total. The molecule has 0 saturated heterocycles. The zero-order valence-electron chi connectivity index (χ0n) is 16.9. The van der Waals surface area contributed by atoms with Gasteiger partial charge in [-0.05, 0) is 23.3 Å². The topological polar surface area (TPSA) is 84.9 Å². The summed E-state index contributed by atoms with van der Waals surface area (Å²) in [6.07, 6.45) is 1.07. The predicted molar refractivity (Wildman–Crippen MR) is 118 cm³/mol. The molecule has 160 valence electrons. The minimum Gasteiger partial charge on any atom is -0.454 e. The number of carbonyl (C=O) groups is 1. The van der Waals surface area contributed by atoms with Crippen LogP contribution >= 0.6 is 0 Å². The first-order chi connectivity index (χ1) is 14.9. The molecule has 4 rings (SSSR count). The van der Waals surface area contributed by atoms with Gasteiger partial charge in [-0.15, -0.1) is 0 Å². The first kappa shape index (κ1) is 20.7. The van der Waals surface area contributed by atoms with Gasteiger partial charge in [-0.1, -0.05) is 60.7 Å². The van der Waals surface area contributed by atoms with E-state index in [1.54, 1.807) is 18.2 Å². The highest BCUT2D eigenvalue weighted by Gasteiger charge is 2.25. The molecule has 0 aromatic heterocycles. The van der Waals surface area contributed by atoms with Gasteiger partial charge in [0.2, 0.25) is 22.7 Å². The maximum absolute atomic E-state index is 13.0. The Hall–Kier alpha value is -3.52. The zero-order valence-corrected chi connectivity index (χ0v) is 17.7. The number of anilines is 1. The summed E-state index contributed by atoms with van der Waals surface area (Å²) in [5.41, 5.74) is 2.13. The summed E-state index contributed by atoms with van der Waals surface area (Å²) in [6.45, 7) is -0.289. The maximum Gasteiger partial charge on any atom is 0.241 e. The summed E-state index contributed by atoms with van der Waals surface area (Å²) >= 11 is 0. The second-order valence-electron chi connectivity index (χ2n) is 7.13. The van der Waals surface area contributed by atoms with Gasteiger partial charge < -0.3 is 14.8 Å². The standard InChI is InChI=1S/C23H22N2O5S/c1-31(27,28)25(19-12-13-20-21(14-19)30-16-29-20)15-22(26)24-23(17-8-4-2-5-9-17)18-10-6-3-7-11-18/h2-14,23H,15-16H2,1H3,(H,24,26). The normalized spacial score (nSPS) is 12.6. The van der Waals surface area contributed by atoms with Crippen molar-refractivity contribution in [2.45, 2.75) is 6.04 Å². The third-order valence-electron chi connectivity index (χ3n) is 4.90. The molecule has 0 bridgehead atoms. The highest BCUT2D eigenvalue weighted by atomic mass is 32.2. The molecule has 0 fully saturated rings. The molecule has 0 atom stereocenters. The molecule has 1 amide bonds. The first-order valence-corrected chi connectivity index (χ1v) is 11.5. The van der Waals surface area contributed by atoms with Crippen LogP contribution in [-0.2, 0) is 14.8 Å². The van der Waals surface area contributed by atoms with Gasteiger partial charge in [0.25, 0.3) is 0 Å². The van der Waals surface area contributed by atoms with Crippen LogP contribution < -0.4 is 19.1 Å². The number of hydrogen-bond acceptors (Lipinski definition) is 5. The van der Waals surface area contributed by atoms with Gasteiger partial charge in [-0.2, -0.15) is 0 Å². The number of rotatable bonds is 7. The van der Waals surface area contributed by atoms with Crippen LogP contribution in [0.4, 0.5) is 5.69 Å². The summed E-state index contributed by atoms with van der Waals surface area (Å²) in [5, 5.41) is 2.97. The van der Waals surface area contributed by atoms with E-state index in [0.29, 0.717) is 17.2 Å². The van der Waals surface area contributed by atoms with Gasteiger partial charge in [0.05, 0.1) is 18.0 Å². The van der Waals surface area contributed by atoms with Gasteiger partial charge in [0.15, 0.2) is 11.5 Å². The predicted octanol–water partition coefficient (Wildman–Crippen LogP) is 3.09. The lowest BCUT2D eigenvalue weighted by Gasteiger charge is -2.25. The third-order valence-corrected chi connectivity index (χ3v) is 6.04. The number of sulfonamides is 1. The second-order valence-corrected chi connectivity index (χ2v) is 9.04. The lowest BCUT2D eigenvalue weighted by molar-refractivity contribution is -0.120. The van der Waals surface area contributed by atoms with Crippen molar-refractivity contribution in [1.82, 2.24) is 5.32 Å². The average Bonchev–Trinajstić information content (AvgIpc) is 3.24. The molecule has 3 aromatic carbocycles. The zero-order chi connectivity index (χ0) is 21.8. The number of nitrogens with zero attached hydrogens (tertiary/aromatic N) is 1. The van der Waals surface area contributed by atoms with Gasteiger partial charge in [-0.3, -0.25) is 9.10 Å². The van der Waals surface area contributed by atoms with Crippen LogP contribution in [0.2, 0.25) is 0 Å². The first-order valence-electron chi connectivity index (χ1n) is 9.68. The van der Waals surface area contributed by atoms with Crippen molar-refractivity contribution >= 4 is 21.6 Å². The molecule has 3 aromatic rings. The quantitative estimate of drug-likeness (QED) is 0.613. The highest BCUT2D eigenvalue weighted by molar-refractivity contribution is 7.92. The SMILES string of the molecule is CS(=O)(=O)N(CC(=O)NC(c1ccccc1)c1ccccc1)c1ccc2c(c1)OCO2. The molecule has 0 unspecified atom stereocenters. The fraction of sp³-hybridized carbons (Fsp3) is 0.174. The van der Waals surface area contributed by atoms with Gasteiger partial charge in [0.1, 0.15) is 6.54 Å². The third kappa shape index (κ3) is 4.80. The second kappa shape index (κ2) is 8.69. The van der Waals surface area contributed by atoms with Gasteiger partial charge in [-0.25, -0.2) is 8.42 Å². The Kier molecular flexibility index (Phi) is 5.81. The van der Waals surface area contributed by atoms with E-state index in [2.05, 4.69) is 5.32 Å². The molecule has 0 radical (unpaired) electrons. The van der Waals surface area contributed by atoms with E-state index in [1.807, 2.05) is 60.7 Å². The Morgan fingerprint density at radius 1 is 0.935 bits per heavy atom. The number of carbonyl (C=O) groups excluding carboxylic acids is 1. The molecular formula is C23H22N2O5S. The highest BCUT2D eigenvalue weighted by Crippen LogP contribution is 2.36. The van der Waals surface area contributed by atoms with Crippen LogP contribution in [0.3, 0.4) is 0 Å². The number of fused-ring (bicyclic) bond motifs is 1. The molecule has 31 heavy (non-hydrogen) atoms. The van der Waals surface area contributed by atoms with E-state index in [-0.39, 0.29) is 13.3 Å². The fourth-order valence-electron chi connectivity index (χ4n) is 3.43. The van der Waals surface area contributed by atoms with Crippen LogP contribution in [0, 0.1) is 0 Å². The molecule has 1 aliphatic rings. The summed E-state index contributed by atoms with van der Waals surface area (Å²) < 4.78 is 36.6. The molecule has 1 heterocycles. The van der Waals surface area contributed by atoms with Gasteiger partial charge in [0, 0.05) is 6.07 Å². The number of benzene rings is 3. The van der Waals surface area contributed by atoms with Crippen molar-refractivity contribution in [3.05, 3.63) is 90.0 Å². The summed E-state index contributed by atoms with van der Waals surface area (Å²) in [4.78, 5) is 13.0. The Balaban J connectivity index is 1.59. The van der Waals surface area contributed by atoms with E-state index in [1.165, 1.54) is 0 Å². The van der Waals surface area contributed by atoms with E-state index in [9.17, 15) is 13.2 Å². The Labute approximate surface area is 181 Å². The van der Waals surface area contributed by atoms with Crippen LogP contribution in [-0.4, -0.2) is 33.9 Å². The van der Waals surface area contributed by atoms with E-state index in [0.717, 1.165) is 21.7 Å². The molecule has 7 nitrogen and oxygen atoms in total. The fourth-order valence-corrected chi connectivity index (χ4v) is 4.28. The van der Waals surface area contributed by atoms with Crippen molar-refractivity contribution in [2.24, 2.45) is 0 Å². The molecule has 0 aliphatic carbocycles. The van der Waals surface area contributed by atoms with Crippen LogP contribution in [0.5, 0.6) is 11.5 Å². The largest absolute Gasteiger partial charge is 0.454 e. The number of ether oxygens (including phenoxy) is 2. The molecule has 8 heteroatoms. The van der Waals surface area contributed by atoms with Crippen molar-refractivity contribution in [1.29, 1.82) is 0 Å². The van der Waals surface area contributed by atoms with Crippen LogP contribution in [0.1, 0.15) is 17.2 Å². The molecule has 0 saturated carbocycles. The van der Waals surface area contributed by atoms with Crippen molar-refractivity contribution < 1.29 is 22.7 Å². The molecule has 1 aliphatic heterocycles.